The summed E-state index contributed by atoms with van der Waals surface area (Å²) in [6, 6.07) is 1.90. The van der Waals surface area contributed by atoms with Crippen LogP contribution >= 0.6 is 22.9 Å². The van der Waals surface area contributed by atoms with E-state index in [1.165, 1.54) is 11.3 Å². The number of halogens is 1. The van der Waals surface area contributed by atoms with Crippen molar-refractivity contribution in [2.75, 3.05) is 6.61 Å². The van der Waals surface area contributed by atoms with Gasteiger partial charge in [-0.3, -0.25) is 0 Å². The molecule has 0 aliphatic carbocycles. The van der Waals surface area contributed by atoms with Crippen molar-refractivity contribution in [2.24, 2.45) is 0 Å². The standard InChI is InChI=1S/C10H9ClN2O2S/c1-3-15-10(14)8-12-7(11)6-4-5(2)16-9(6)13-8/h4H,3H2,1-2H3. The van der Waals surface area contributed by atoms with E-state index in [1.54, 1.807) is 6.92 Å². The summed E-state index contributed by atoms with van der Waals surface area (Å²) in [4.78, 5) is 21.3. The number of esters is 1. The van der Waals surface area contributed by atoms with Gasteiger partial charge in [-0.2, -0.15) is 0 Å². The largest absolute Gasteiger partial charge is 0.460 e. The number of nitrogens with zero attached hydrogens (tertiary/aromatic N) is 2. The highest BCUT2D eigenvalue weighted by atomic mass is 35.5. The second-order valence-corrected chi connectivity index (χ2v) is 4.73. The Hall–Kier alpha value is -1.20. The minimum absolute atomic E-state index is 0.0150. The first-order chi connectivity index (χ1) is 7.61. The Balaban J connectivity index is 2.53. The van der Waals surface area contributed by atoms with Crippen LogP contribution in [0.4, 0.5) is 0 Å². The SMILES string of the molecule is CCOC(=O)c1nc(Cl)c2cc(C)sc2n1. The Morgan fingerprint density at radius 3 is 3.00 bits per heavy atom. The predicted molar refractivity (Wildman–Crippen MR) is 63.1 cm³/mol. The Bertz CT molecular complexity index is 553. The van der Waals surface area contributed by atoms with Gasteiger partial charge in [-0.1, -0.05) is 11.6 Å². The number of hydrogen-bond acceptors (Lipinski definition) is 5. The molecule has 0 bridgehead atoms. The molecule has 84 valence electrons. The zero-order chi connectivity index (χ0) is 11.7. The summed E-state index contributed by atoms with van der Waals surface area (Å²) in [6.45, 7) is 3.97. The van der Waals surface area contributed by atoms with E-state index in [0.29, 0.717) is 11.4 Å². The van der Waals surface area contributed by atoms with E-state index in [9.17, 15) is 4.79 Å². The van der Waals surface area contributed by atoms with E-state index in [-0.39, 0.29) is 11.0 Å². The Morgan fingerprint density at radius 1 is 1.56 bits per heavy atom. The third-order valence-corrected chi connectivity index (χ3v) is 3.16. The van der Waals surface area contributed by atoms with E-state index < -0.39 is 5.97 Å². The molecule has 2 rings (SSSR count). The second-order valence-electron chi connectivity index (χ2n) is 3.13. The van der Waals surface area contributed by atoms with Gasteiger partial charge >= 0.3 is 5.97 Å². The molecule has 0 amide bonds. The predicted octanol–water partition coefficient (Wildman–Crippen LogP) is 2.83. The first-order valence-corrected chi connectivity index (χ1v) is 5.92. The molecule has 0 aliphatic heterocycles. The summed E-state index contributed by atoms with van der Waals surface area (Å²) in [7, 11) is 0. The summed E-state index contributed by atoms with van der Waals surface area (Å²) in [5.74, 6) is -0.529. The van der Waals surface area contributed by atoms with Crippen LogP contribution in [0.15, 0.2) is 6.07 Å². The van der Waals surface area contributed by atoms with Crippen LogP contribution in [0, 0.1) is 6.92 Å². The third-order valence-electron chi connectivity index (χ3n) is 1.93. The molecule has 0 atom stereocenters. The summed E-state index contributed by atoms with van der Waals surface area (Å²) in [5.41, 5.74) is 0. The molecule has 0 N–H and O–H groups in total. The molecule has 0 saturated carbocycles. The zero-order valence-corrected chi connectivity index (χ0v) is 10.4. The molecule has 0 radical (unpaired) electrons. The van der Waals surface area contributed by atoms with Gasteiger partial charge < -0.3 is 4.74 Å². The fraction of sp³-hybridized carbons (Fsp3) is 0.300. The molecule has 0 saturated heterocycles. The van der Waals surface area contributed by atoms with Gasteiger partial charge in [0.2, 0.25) is 5.82 Å². The normalized spacial score (nSPS) is 10.7. The third kappa shape index (κ3) is 2.01. The zero-order valence-electron chi connectivity index (χ0n) is 8.78. The number of fused-ring (bicyclic) bond motifs is 1. The van der Waals surface area contributed by atoms with Gasteiger partial charge in [-0.25, -0.2) is 14.8 Å². The Kier molecular flexibility index (Phi) is 3.07. The molecule has 2 aromatic heterocycles. The number of hydrogen-bond donors (Lipinski definition) is 0. The molecule has 6 heteroatoms. The molecule has 0 aromatic carbocycles. The summed E-state index contributed by atoms with van der Waals surface area (Å²) < 4.78 is 4.82. The molecule has 16 heavy (non-hydrogen) atoms. The maximum atomic E-state index is 11.4. The summed E-state index contributed by atoms with van der Waals surface area (Å²) in [6.07, 6.45) is 0. The summed E-state index contributed by atoms with van der Waals surface area (Å²) >= 11 is 7.44. The van der Waals surface area contributed by atoms with Gasteiger partial charge in [0.15, 0.2) is 0 Å². The lowest BCUT2D eigenvalue weighted by Gasteiger charge is -2.00. The maximum absolute atomic E-state index is 11.4. The van der Waals surface area contributed by atoms with E-state index in [4.69, 9.17) is 16.3 Å². The van der Waals surface area contributed by atoms with Crippen molar-refractivity contribution in [2.45, 2.75) is 13.8 Å². The van der Waals surface area contributed by atoms with E-state index in [2.05, 4.69) is 9.97 Å². The van der Waals surface area contributed by atoms with Crippen molar-refractivity contribution in [1.82, 2.24) is 9.97 Å². The lowest BCUT2D eigenvalue weighted by molar-refractivity contribution is 0.0512. The Labute approximate surface area is 101 Å². The van der Waals surface area contributed by atoms with Crippen molar-refractivity contribution < 1.29 is 9.53 Å². The van der Waals surface area contributed by atoms with Crippen LogP contribution in [0.1, 0.15) is 22.4 Å². The molecule has 0 spiro atoms. The Morgan fingerprint density at radius 2 is 2.31 bits per heavy atom. The molecule has 0 aliphatic rings. The van der Waals surface area contributed by atoms with Crippen LogP contribution in [-0.2, 0) is 4.74 Å². The first-order valence-electron chi connectivity index (χ1n) is 4.72. The molecule has 0 fully saturated rings. The minimum Gasteiger partial charge on any atom is -0.460 e. The van der Waals surface area contributed by atoms with Gasteiger partial charge in [0.25, 0.3) is 0 Å². The van der Waals surface area contributed by atoms with Crippen molar-refractivity contribution in [3.8, 4) is 0 Å². The van der Waals surface area contributed by atoms with Gasteiger partial charge in [0.1, 0.15) is 9.98 Å². The number of carbonyl (C=O) groups is 1. The monoisotopic (exact) mass is 256 g/mol. The topological polar surface area (TPSA) is 52.1 Å². The van der Waals surface area contributed by atoms with Crippen LogP contribution < -0.4 is 0 Å². The highest BCUT2D eigenvalue weighted by Gasteiger charge is 2.15. The molecule has 4 nitrogen and oxygen atoms in total. The first kappa shape index (κ1) is 11.3. The lowest BCUT2D eigenvalue weighted by atomic mass is 10.4. The van der Waals surface area contributed by atoms with Crippen molar-refractivity contribution in [3.05, 3.63) is 21.9 Å². The maximum Gasteiger partial charge on any atom is 0.376 e. The number of rotatable bonds is 2. The molecule has 2 aromatic rings. The quantitative estimate of drug-likeness (QED) is 0.612. The smallest absolute Gasteiger partial charge is 0.376 e. The van der Waals surface area contributed by atoms with Gasteiger partial charge in [0.05, 0.1) is 6.61 Å². The molecule has 2 heterocycles. The number of aromatic nitrogens is 2. The number of thiophene rings is 1. The number of aryl methyl sites for hydroxylation is 1. The van der Waals surface area contributed by atoms with E-state index in [0.717, 1.165) is 10.3 Å². The van der Waals surface area contributed by atoms with Gasteiger partial charge in [-0.05, 0) is 19.9 Å². The molecule has 0 unspecified atom stereocenters. The minimum atomic E-state index is -0.544. The van der Waals surface area contributed by atoms with Crippen LogP contribution in [0.2, 0.25) is 5.15 Å². The number of carbonyl (C=O) groups excluding carboxylic acids is 1. The van der Waals surface area contributed by atoms with Crippen LogP contribution in [-0.4, -0.2) is 22.5 Å². The van der Waals surface area contributed by atoms with Crippen molar-refractivity contribution in [1.29, 1.82) is 0 Å². The van der Waals surface area contributed by atoms with Gasteiger partial charge in [-0.15, -0.1) is 11.3 Å². The van der Waals surface area contributed by atoms with E-state index >= 15 is 0 Å². The van der Waals surface area contributed by atoms with Crippen molar-refractivity contribution >= 4 is 39.1 Å². The summed E-state index contributed by atoms with van der Waals surface area (Å²) in [5, 5.41) is 1.06. The van der Waals surface area contributed by atoms with E-state index in [1.807, 2.05) is 13.0 Å². The second kappa shape index (κ2) is 4.35. The average molecular weight is 257 g/mol. The van der Waals surface area contributed by atoms with Crippen LogP contribution in [0.5, 0.6) is 0 Å². The fourth-order valence-electron chi connectivity index (χ4n) is 1.29. The highest BCUT2D eigenvalue weighted by Crippen LogP contribution is 2.28. The highest BCUT2D eigenvalue weighted by molar-refractivity contribution is 7.18. The molecular weight excluding hydrogens is 248 g/mol. The lowest BCUT2D eigenvalue weighted by Crippen LogP contribution is -2.09. The van der Waals surface area contributed by atoms with Crippen LogP contribution in [0.25, 0.3) is 10.2 Å². The fourth-order valence-corrected chi connectivity index (χ4v) is 2.45. The average Bonchev–Trinajstić information content (AvgIpc) is 2.59. The molecular formula is C10H9ClN2O2S. The van der Waals surface area contributed by atoms with Gasteiger partial charge in [0, 0.05) is 10.3 Å². The van der Waals surface area contributed by atoms with Crippen LogP contribution in [0.3, 0.4) is 0 Å². The number of ether oxygens (including phenoxy) is 1. The van der Waals surface area contributed by atoms with Crippen molar-refractivity contribution in [3.63, 3.8) is 0 Å².